The minimum absolute atomic E-state index is 0.155. The maximum absolute atomic E-state index is 10.0. The molecule has 0 saturated heterocycles. The molecule has 0 aliphatic heterocycles. The minimum Gasteiger partial charge on any atom is -0.351 e. The maximum atomic E-state index is 10.0. The van der Waals surface area contributed by atoms with E-state index in [-0.39, 0.29) is 5.06 Å². The van der Waals surface area contributed by atoms with Crippen LogP contribution in [0.25, 0.3) is 0 Å². The van der Waals surface area contributed by atoms with Gasteiger partial charge in [0.05, 0.1) is 0 Å². The first-order valence-electron chi connectivity index (χ1n) is 2.28. The van der Waals surface area contributed by atoms with Crippen LogP contribution < -0.4 is 4.18 Å². The molecule has 6 heteroatoms. The summed E-state index contributed by atoms with van der Waals surface area (Å²) in [5.74, 6) is 0. The molecule has 0 aromatic carbocycles. The van der Waals surface area contributed by atoms with Crippen LogP contribution in [-0.2, 0) is 10.4 Å². The fraction of sp³-hybridized carbons (Fsp3) is 0. The van der Waals surface area contributed by atoms with Crippen LogP contribution in [-0.4, -0.2) is 13.0 Å². The van der Waals surface area contributed by atoms with Gasteiger partial charge in [0.15, 0.2) is 5.06 Å². The van der Waals surface area contributed by atoms with E-state index in [1.54, 1.807) is 11.4 Å². The van der Waals surface area contributed by atoms with Gasteiger partial charge in [0.2, 0.25) is 0 Å². The number of rotatable bonds is 2. The van der Waals surface area contributed by atoms with Crippen LogP contribution in [0, 0.1) is 0 Å². The molecule has 56 valence electrons. The molecule has 1 N–H and O–H groups in total. The zero-order valence-corrected chi connectivity index (χ0v) is 6.35. The van der Waals surface area contributed by atoms with Gasteiger partial charge in [-0.2, -0.15) is 8.42 Å². The Labute approximate surface area is 62.0 Å². The lowest BCUT2D eigenvalue weighted by atomic mass is 10.7. The Hall–Kier alpha value is -0.590. The predicted octanol–water partition coefficient (Wildman–Crippen LogP) is 0.930. The van der Waals surface area contributed by atoms with E-state index in [4.69, 9.17) is 4.55 Å². The minimum atomic E-state index is -4.34. The molecule has 1 rings (SSSR count). The number of thiophene rings is 1. The number of hydrogen-bond acceptors (Lipinski definition) is 4. The third-order valence-electron chi connectivity index (χ3n) is 0.683. The van der Waals surface area contributed by atoms with Crippen LogP contribution in [0.4, 0.5) is 0 Å². The van der Waals surface area contributed by atoms with Gasteiger partial charge in [-0.25, -0.2) is 0 Å². The van der Waals surface area contributed by atoms with Crippen LogP contribution in [0.2, 0.25) is 0 Å². The van der Waals surface area contributed by atoms with Crippen molar-refractivity contribution in [2.24, 2.45) is 0 Å². The Balaban J connectivity index is 2.75. The van der Waals surface area contributed by atoms with E-state index in [1.165, 1.54) is 6.07 Å². The summed E-state index contributed by atoms with van der Waals surface area (Å²) < 4.78 is 32.3. The van der Waals surface area contributed by atoms with Crippen LogP contribution in [0.1, 0.15) is 0 Å². The van der Waals surface area contributed by atoms with Crippen molar-refractivity contribution in [1.29, 1.82) is 0 Å². The monoisotopic (exact) mass is 180 g/mol. The fourth-order valence-electron chi connectivity index (χ4n) is 0.415. The molecule has 1 heterocycles. The highest BCUT2D eigenvalue weighted by molar-refractivity contribution is 7.81. The summed E-state index contributed by atoms with van der Waals surface area (Å²) >= 11 is 1.09. The molecule has 0 aliphatic rings. The van der Waals surface area contributed by atoms with Crippen molar-refractivity contribution in [3.05, 3.63) is 17.5 Å². The van der Waals surface area contributed by atoms with Crippen molar-refractivity contribution in [1.82, 2.24) is 0 Å². The Morgan fingerprint density at radius 2 is 2.30 bits per heavy atom. The molecule has 0 aliphatic carbocycles. The molecule has 0 spiro atoms. The average Bonchev–Trinajstić information content (AvgIpc) is 2.12. The molecular formula is C4H4O4S2. The predicted molar refractivity (Wildman–Crippen MR) is 36.5 cm³/mol. The summed E-state index contributed by atoms with van der Waals surface area (Å²) in [6.45, 7) is 0. The van der Waals surface area contributed by atoms with Gasteiger partial charge in [-0.1, -0.05) is 0 Å². The Morgan fingerprint density at radius 1 is 1.60 bits per heavy atom. The Bertz CT molecular complexity index is 285. The van der Waals surface area contributed by atoms with Gasteiger partial charge in [0.1, 0.15) is 0 Å². The van der Waals surface area contributed by atoms with E-state index < -0.39 is 10.4 Å². The Morgan fingerprint density at radius 3 is 2.70 bits per heavy atom. The molecule has 0 saturated carbocycles. The molecule has 0 bridgehead atoms. The van der Waals surface area contributed by atoms with Crippen LogP contribution in [0.3, 0.4) is 0 Å². The van der Waals surface area contributed by atoms with Crippen molar-refractivity contribution >= 4 is 21.7 Å². The van der Waals surface area contributed by atoms with Gasteiger partial charge in [-0.15, -0.1) is 11.3 Å². The zero-order valence-electron chi connectivity index (χ0n) is 4.72. The average molecular weight is 180 g/mol. The second-order valence-corrected chi connectivity index (χ2v) is 3.38. The first-order chi connectivity index (χ1) is 4.58. The summed E-state index contributed by atoms with van der Waals surface area (Å²) in [5.41, 5.74) is 0. The van der Waals surface area contributed by atoms with Crippen molar-refractivity contribution in [3.8, 4) is 5.06 Å². The summed E-state index contributed by atoms with van der Waals surface area (Å²) in [5, 5.41) is 1.79. The normalized spacial score (nSPS) is 11.3. The van der Waals surface area contributed by atoms with E-state index in [9.17, 15) is 8.42 Å². The fourth-order valence-corrected chi connectivity index (χ4v) is 1.54. The van der Waals surface area contributed by atoms with Gasteiger partial charge in [0, 0.05) is 0 Å². The van der Waals surface area contributed by atoms with E-state index >= 15 is 0 Å². The lowest BCUT2D eigenvalue weighted by Crippen LogP contribution is -2.04. The van der Waals surface area contributed by atoms with Crippen LogP contribution in [0.15, 0.2) is 17.5 Å². The quantitative estimate of drug-likeness (QED) is 0.687. The molecule has 1 aromatic rings. The van der Waals surface area contributed by atoms with Gasteiger partial charge < -0.3 is 4.18 Å². The summed E-state index contributed by atoms with van der Waals surface area (Å²) in [6.07, 6.45) is 0. The van der Waals surface area contributed by atoms with Gasteiger partial charge in [-0.3, -0.25) is 4.55 Å². The maximum Gasteiger partial charge on any atom is 0.447 e. The third-order valence-corrected chi connectivity index (χ3v) is 1.92. The lowest BCUT2D eigenvalue weighted by molar-refractivity contribution is 0.391. The van der Waals surface area contributed by atoms with Crippen molar-refractivity contribution < 1.29 is 17.2 Å². The molecule has 4 nitrogen and oxygen atoms in total. The largest absolute Gasteiger partial charge is 0.447 e. The zero-order chi connectivity index (χ0) is 7.61. The SMILES string of the molecule is O=S(=O)(O)Oc1cccs1. The smallest absolute Gasteiger partial charge is 0.351 e. The molecule has 10 heavy (non-hydrogen) atoms. The third kappa shape index (κ3) is 2.34. The second kappa shape index (κ2) is 2.57. The van der Waals surface area contributed by atoms with E-state index in [2.05, 4.69) is 4.18 Å². The molecule has 0 unspecified atom stereocenters. The topological polar surface area (TPSA) is 63.6 Å². The van der Waals surface area contributed by atoms with Gasteiger partial charge in [-0.05, 0) is 17.5 Å². The lowest BCUT2D eigenvalue weighted by Gasteiger charge is -1.93. The highest BCUT2D eigenvalue weighted by atomic mass is 32.3. The van der Waals surface area contributed by atoms with E-state index in [0.717, 1.165) is 11.3 Å². The molecule has 0 fully saturated rings. The van der Waals surface area contributed by atoms with Gasteiger partial charge in [0.25, 0.3) is 0 Å². The van der Waals surface area contributed by atoms with Crippen LogP contribution in [0.5, 0.6) is 5.06 Å². The van der Waals surface area contributed by atoms with Crippen molar-refractivity contribution in [3.63, 3.8) is 0 Å². The second-order valence-electron chi connectivity index (χ2n) is 1.44. The first kappa shape index (κ1) is 7.52. The Kier molecular flexibility index (Phi) is 1.93. The highest BCUT2D eigenvalue weighted by Crippen LogP contribution is 2.19. The first-order valence-corrected chi connectivity index (χ1v) is 4.53. The molecule has 0 amide bonds. The molecule has 0 radical (unpaired) electrons. The van der Waals surface area contributed by atoms with Crippen LogP contribution >= 0.6 is 11.3 Å². The number of hydrogen-bond donors (Lipinski definition) is 1. The van der Waals surface area contributed by atoms with Crippen molar-refractivity contribution in [2.45, 2.75) is 0 Å². The summed E-state index contributed by atoms with van der Waals surface area (Å²) in [4.78, 5) is 0. The molecular weight excluding hydrogens is 176 g/mol. The van der Waals surface area contributed by atoms with Crippen molar-refractivity contribution in [2.75, 3.05) is 0 Å². The van der Waals surface area contributed by atoms with E-state index in [1.807, 2.05) is 0 Å². The van der Waals surface area contributed by atoms with E-state index in [0.29, 0.717) is 0 Å². The summed E-state index contributed by atoms with van der Waals surface area (Å²) in [6, 6.07) is 3.06. The molecule has 1 aromatic heterocycles. The standard InChI is InChI=1S/C4H4O4S2/c5-10(6,7)8-4-2-1-3-9-4/h1-3H,(H,5,6,7). The van der Waals surface area contributed by atoms with Gasteiger partial charge >= 0.3 is 10.4 Å². The highest BCUT2D eigenvalue weighted by Gasteiger charge is 2.05. The molecule has 0 atom stereocenters. The summed E-state index contributed by atoms with van der Waals surface area (Å²) in [7, 11) is -4.34.